The number of carbonyl (C=O) groups excluding carboxylic acids is 2. The van der Waals surface area contributed by atoms with Gasteiger partial charge in [-0.3, -0.25) is 9.59 Å². The summed E-state index contributed by atoms with van der Waals surface area (Å²) in [5.74, 6) is 0.336. The topological polar surface area (TPSA) is 40.6 Å². The van der Waals surface area contributed by atoms with Gasteiger partial charge in [0.15, 0.2) is 0 Å². The molecule has 1 aromatic carbocycles. The highest BCUT2D eigenvalue weighted by atomic mass is 32.1. The Morgan fingerprint density at radius 3 is 2.44 bits per heavy atom. The summed E-state index contributed by atoms with van der Waals surface area (Å²) in [5, 5.41) is 1.92. The predicted octanol–water partition coefficient (Wildman–Crippen LogP) is 3.65. The smallest absolute Gasteiger partial charge is 0.263 e. The van der Waals surface area contributed by atoms with Crippen molar-refractivity contribution < 1.29 is 9.59 Å². The van der Waals surface area contributed by atoms with Gasteiger partial charge in [0.25, 0.3) is 5.91 Å². The van der Waals surface area contributed by atoms with Crippen molar-refractivity contribution in [3.8, 4) is 0 Å². The molecule has 5 heteroatoms. The van der Waals surface area contributed by atoms with Gasteiger partial charge in [-0.15, -0.1) is 11.3 Å². The molecule has 1 fully saturated rings. The Balaban J connectivity index is 1.56. The van der Waals surface area contributed by atoms with E-state index in [1.165, 1.54) is 11.3 Å². The van der Waals surface area contributed by atoms with Crippen LogP contribution in [0.15, 0.2) is 47.8 Å². The Morgan fingerprint density at radius 1 is 1.12 bits per heavy atom. The monoisotopic (exact) mass is 356 g/mol. The minimum absolute atomic E-state index is 0.0241. The van der Waals surface area contributed by atoms with Crippen LogP contribution in [0.25, 0.3) is 0 Å². The van der Waals surface area contributed by atoms with Crippen molar-refractivity contribution in [2.45, 2.75) is 26.3 Å². The summed E-state index contributed by atoms with van der Waals surface area (Å²) in [6.45, 7) is 4.72. The highest BCUT2D eigenvalue weighted by Gasteiger charge is 2.30. The molecule has 1 saturated heterocycles. The maximum atomic E-state index is 12.9. The molecular formula is C20H24N2O2S. The van der Waals surface area contributed by atoms with Gasteiger partial charge in [0, 0.05) is 32.1 Å². The molecule has 1 aromatic heterocycles. The minimum Gasteiger partial charge on any atom is -0.338 e. The average Bonchev–Trinajstić information content (AvgIpc) is 3.21. The lowest BCUT2D eigenvalue weighted by Gasteiger charge is -2.34. The van der Waals surface area contributed by atoms with Crippen LogP contribution in [0.4, 0.5) is 0 Å². The summed E-state index contributed by atoms with van der Waals surface area (Å²) >= 11 is 1.48. The Hall–Kier alpha value is -2.14. The molecule has 1 aliphatic heterocycles. The van der Waals surface area contributed by atoms with Crippen LogP contribution in [0, 0.1) is 5.92 Å². The lowest BCUT2D eigenvalue weighted by atomic mass is 9.95. The van der Waals surface area contributed by atoms with Crippen molar-refractivity contribution in [2.24, 2.45) is 5.92 Å². The number of hydrogen-bond donors (Lipinski definition) is 0. The van der Waals surface area contributed by atoms with Crippen LogP contribution >= 0.6 is 11.3 Å². The second-order valence-corrected chi connectivity index (χ2v) is 7.33. The van der Waals surface area contributed by atoms with Crippen molar-refractivity contribution in [3.63, 3.8) is 0 Å². The maximum Gasteiger partial charge on any atom is 0.263 e. The first-order valence-corrected chi connectivity index (χ1v) is 9.72. The third-order valence-electron chi connectivity index (χ3n) is 4.77. The third-order valence-corrected chi connectivity index (χ3v) is 5.63. The summed E-state index contributed by atoms with van der Waals surface area (Å²) in [6.07, 6.45) is 1.50. The van der Waals surface area contributed by atoms with Crippen LogP contribution in [0.2, 0.25) is 0 Å². The molecule has 4 nitrogen and oxygen atoms in total. The molecule has 132 valence electrons. The molecule has 0 spiro atoms. The van der Waals surface area contributed by atoms with E-state index < -0.39 is 0 Å². The summed E-state index contributed by atoms with van der Waals surface area (Å²) < 4.78 is 0. The summed E-state index contributed by atoms with van der Waals surface area (Å²) in [7, 11) is 0. The van der Waals surface area contributed by atoms with Crippen LogP contribution in [-0.2, 0) is 11.3 Å². The molecule has 2 amide bonds. The summed E-state index contributed by atoms with van der Waals surface area (Å²) in [5.41, 5.74) is 1.16. The van der Waals surface area contributed by atoms with E-state index in [0.717, 1.165) is 23.3 Å². The number of rotatable bonds is 5. The number of hydrogen-bond acceptors (Lipinski definition) is 3. The zero-order valence-corrected chi connectivity index (χ0v) is 15.4. The van der Waals surface area contributed by atoms with Crippen molar-refractivity contribution in [3.05, 3.63) is 58.3 Å². The highest BCUT2D eigenvalue weighted by molar-refractivity contribution is 7.12. The molecule has 0 aliphatic carbocycles. The number of benzene rings is 1. The number of thiophene rings is 1. The fourth-order valence-corrected chi connectivity index (χ4v) is 3.98. The Kier molecular flexibility index (Phi) is 5.87. The molecule has 0 atom stereocenters. The van der Waals surface area contributed by atoms with E-state index >= 15 is 0 Å². The second kappa shape index (κ2) is 8.30. The number of carbonyl (C=O) groups is 2. The average molecular weight is 356 g/mol. The first-order chi connectivity index (χ1) is 12.2. The van der Waals surface area contributed by atoms with Crippen LogP contribution in [0.5, 0.6) is 0 Å². The van der Waals surface area contributed by atoms with Crippen molar-refractivity contribution in [2.75, 3.05) is 19.6 Å². The lowest BCUT2D eigenvalue weighted by molar-refractivity contribution is -0.137. The van der Waals surface area contributed by atoms with Gasteiger partial charge >= 0.3 is 0 Å². The van der Waals surface area contributed by atoms with Gasteiger partial charge in [-0.2, -0.15) is 0 Å². The Labute approximate surface area is 153 Å². The highest BCUT2D eigenvalue weighted by Crippen LogP contribution is 2.23. The predicted molar refractivity (Wildman–Crippen MR) is 100 cm³/mol. The van der Waals surface area contributed by atoms with Crippen LogP contribution in [0.1, 0.15) is 35.0 Å². The largest absolute Gasteiger partial charge is 0.338 e. The normalized spacial score (nSPS) is 15.2. The van der Waals surface area contributed by atoms with Crippen LogP contribution in [0.3, 0.4) is 0 Å². The SMILES string of the molecule is CCN(Cc1ccccc1)C(=O)C1CCN(C(=O)c2cccs2)CC1. The van der Waals surface area contributed by atoms with Crippen molar-refractivity contribution in [1.82, 2.24) is 9.80 Å². The van der Waals surface area contributed by atoms with Gasteiger partial charge in [0.1, 0.15) is 0 Å². The zero-order valence-electron chi connectivity index (χ0n) is 14.6. The first-order valence-electron chi connectivity index (χ1n) is 8.84. The quantitative estimate of drug-likeness (QED) is 0.820. The first kappa shape index (κ1) is 17.7. The molecule has 2 heterocycles. The van der Waals surface area contributed by atoms with Gasteiger partial charge in [-0.1, -0.05) is 36.4 Å². The molecule has 3 rings (SSSR count). The van der Waals surface area contributed by atoms with E-state index in [1.807, 2.05) is 52.4 Å². The molecule has 0 N–H and O–H groups in total. The van der Waals surface area contributed by atoms with Gasteiger partial charge in [-0.05, 0) is 36.8 Å². The van der Waals surface area contributed by atoms with Crippen molar-refractivity contribution >= 4 is 23.2 Å². The van der Waals surface area contributed by atoms with Crippen LogP contribution in [-0.4, -0.2) is 41.2 Å². The van der Waals surface area contributed by atoms with E-state index in [2.05, 4.69) is 12.1 Å². The summed E-state index contributed by atoms with van der Waals surface area (Å²) in [6, 6.07) is 13.9. The van der Waals surface area contributed by atoms with E-state index in [4.69, 9.17) is 0 Å². The lowest BCUT2D eigenvalue weighted by Crippen LogP contribution is -2.44. The Bertz CT molecular complexity index is 692. The van der Waals surface area contributed by atoms with Gasteiger partial charge in [0.2, 0.25) is 5.91 Å². The number of amides is 2. The molecule has 1 aliphatic rings. The number of piperidine rings is 1. The zero-order chi connectivity index (χ0) is 17.6. The maximum absolute atomic E-state index is 12.9. The molecule has 0 unspecified atom stereocenters. The molecule has 25 heavy (non-hydrogen) atoms. The van der Waals surface area contributed by atoms with Crippen LogP contribution < -0.4 is 0 Å². The fourth-order valence-electron chi connectivity index (χ4n) is 3.29. The van der Waals surface area contributed by atoms with Gasteiger partial charge < -0.3 is 9.80 Å². The standard InChI is InChI=1S/C20H24N2O2S/c1-2-21(15-16-7-4-3-5-8-16)19(23)17-10-12-22(13-11-17)20(24)18-9-6-14-25-18/h3-9,14,17H,2,10-13,15H2,1H3. The third kappa shape index (κ3) is 4.28. The fraction of sp³-hybridized carbons (Fsp3) is 0.400. The number of nitrogens with zero attached hydrogens (tertiary/aromatic N) is 2. The Morgan fingerprint density at radius 2 is 1.84 bits per heavy atom. The summed E-state index contributed by atoms with van der Waals surface area (Å²) in [4.78, 5) is 29.9. The van der Waals surface area contributed by atoms with Gasteiger partial charge in [0.05, 0.1) is 4.88 Å². The van der Waals surface area contributed by atoms with E-state index in [0.29, 0.717) is 26.2 Å². The number of likely N-dealkylation sites (tertiary alicyclic amines) is 1. The van der Waals surface area contributed by atoms with E-state index in [9.17, 15) is 9.59 Å². The minimum atomic E-state index is 0.0241. The van der Waals surface area contributed by atoms with Crippen molar-refractivity contribution in [1.29, 1.82) is 0 Å². The molecule has 0 radical (unpaired) electrons. The van der Waals surface area contributed by atoms with Gasteiger partial charge in [-0.25, -0.2) is 0 Å². The second-order valence-electron chi connectivity index (χ2n) is 6.38. The molecular weight excluding hydrogens is 332 g/mol. The molecule has 0 bridgehead atoms. The molecule has 2 aromatic rings. The van der Waals surface area contributed by atoms with E-state index in [-0.39, 0.29) is 17.7 Å². The van der Waals surface area contributed by atoms with E-state index in [1.54, 1.807) is 0 Å². The molecule has 0 saturated carbocycles.